The summed E-state index contributed by atoms with van der Waals surface area (Å²) in [5.74, 6) is 1.10. The molecule has 0 unspecified atom stereocenters. The van der Waals surface area contributed by atoms with Crippen LogP contribution in [0.2, 0.25) is 0 Å². The van der Waals surface area contributed by atoms with E-state index in [0.29, 0.717) is 0 Å². The zero-order valence-electron chi connectivity index (χ0n) is 10.2. The Hall–Kier alpha value is -1.22. The zero-order valence-corrected chi connectivity index (χ0v) is 10.2. The number of benzene rings is 1. The first-order chi connectivity index (χ1) is 8.43. The lowest BCUT2D eigenvalue weighted by Gasteiger charge is -2.30. The van der Waals surface area contributed by atoms with Crippen molar-refractivity contribution < 1.29 is 4.74 Å². The molecular formula is C14H20N2O. The Balaban J connectivity index is 1.83. The standard InChI is InChI=1S/C14H20N2O/c1-2-10-17-14-5-4-13(11-12(14)3-1)16-8-6-15-7-9-16/h4-5,11,15H,1-3,6-10H2. The summed E-state index contributed by atoms with van der Waals surface area (Å²) in [6, 6.07) is 6.68. The summed E-state index contributed by atoms with van der Waals surface area (Å²) in [6.45, 7) is 5.28. The topological polar surface area (TPSA) is 24.5 Å². The van der Waals surface area contributed by atoms with Crippen molar-refractivity contribution in [3.05, 3.63) is 23.8 Å². The van der Waals surface area contributed by atoms with Crippen molar-refractivity contribution >= 4 is 5.69 Å². The summed E-state index contributed by atoms with van der Waals surface area (Å²) in [7, 11) is 0. The van der Waals surface area contributed by atoms with E-state index in [1.807, 2.05) is 0 Å². The van der Waals surface area contributed by atoms with Crippen molar-refractivity contribution in [3.8, 4) is 5.75 Å². The molecule has 2 heterocycles. The van der Waals surface area contributed by atoms with Gasteiger partial charge in [-0.2, -0.15) is 0 Å². The summed E-state index contributed by atoms with van der Waals surface area (Å²) in [5, 5.41) is 3.39. The van der Waals surface area contributed by atoms with Gasteiger partial charge < -0.3 is 15.0 Å². The number of nitrogens with zero attached hydrogens (tertiary/aromatic N) is 1. The molecule has 0 radical (unpaired) electrons. The van der Waals surface area contributed by atoms with Crippen LogP contribution in [0.15, 0.2) is 18.2 Å². The molecule has 2 aliphatic heterocycles. The van der Waals surface area contributed by atoms with Gasteiger partial charge in [-0.05, 0) is 43.0 Å². The fourth-order valence-corrected chi connectivity index (χ4v) is 2.62. The molecule has 17 heavy (non-hydrogen) atoms. The molecule has 0 aliphatic carbocycles. The molecule has 3 nitrogen and oxygen atoms in total. The predicted octanol–water partition coefficient (Wildman–Crippen LogP) is 1.81. The third kappa shape index (κ3) is 2.39. The molecule has 0 bridgehead atoms. The molecular weight excluding hydrogens is 212 g/mol. The number of anilines is 1. The highest BCUT2D eigenvalue weighted by molar-refractivity contribution is 5.53. The Labute approximate surface area is 103 Å². The van der Waals surface area contributed by atoms with Crippen LogP contribution in [0.5, 0.6) is 5.75 Å². The molecule has 92 valence electrons. The maximum Gasteiger partial charge on any atom is 0.122 e. The summed E-state index contributed by atoms with van der Waals surface area (Å²) in [6.07, 6.45) is 3.59. The number of ether oxygens (including phenoxy) is 1. The minimum atomic E-state index is 0.875. The summed E-state index contributed by atoms with van der Waals surface area (Å²) >= 11 is 0. The maximum atomic E-state index is 5.76. The van der Waals surface area contributed by atoms with Crippen LogP contribution >= 0.6 is 0 Å². The van der Waals surface area contributed by atoms with Crippen LogP contribution in [-0.2, 0) is 6.42 Å². The van der Waals surface area contributed by atoms with E-state index in [0.717, 1.165) is 45.0 Å². The third-order valence-electron chi connectivity index (χ3n) is 3.62. The second kappa shape index (κ2) is 4.96. The highest BCUT2D eigenvalue weighted by Gasteiger charge is 2.14. The molecule has 0 spiro atoms. The number of nitrogens with one attached hydrogen (secondary N) is 1. The zero-order chi connectivity index (χ0) is 11.5. The molecule has 1 N–H and O–H groups in total. The van der Waals surface area contributed by atoms with Gasteiger partial charge in [0.25, 0.3) is 0 Å². The van der Waals surface area contributed by atoms with Crippen LogP contribution in [0, 0.1) is 0 Å². The molecule has 0 amide bonds. The number of fused-ring (bicyclic) bond motifs is 1. The molecule has 0 saturated carbocycles. The van der Waals surface area contributed by atoms with Crippen LogP contribution in [0.1, 0.15) is 18.4 Å². The van der Waals surface area contributed by atoms with Gasteiger partial charge in [0.1, 0.15) is 5.75 Å². The first kappa shape index (κ1) is 10.9. The Morgan fingerprint density at radius 1 is 1.12 bits per heavy atom. The average Bonchev–Trinajstić information content (AvgIpc) is 2.64. The minimum absolute atomic E-state index is 0.875. The monoisotopic (exact) mass is 232 g/mol. The van der Waals surface area contributed by atoms with E-state index in [4.69, 9.17) is 4.74 Å². The lowest BCUT2D eigenvalue weighted by molar-refractivity contribution is 0.317. The van der Waals surface area contributed by atoms with Gasteiger partial charge >= 0.3 is 0 Å². The van der Waals surface area contributed by atoms with E-state index in [1.165, 1.54) is 24.1 Å². The SMILES string of the molecule is c1cc2c(cc1N1CCNCC1)CCCCO2. The first-order valence-electron chi connectivity index (χ1n) is 6.65. The van der Waals surface area contributed by atoms with Crippen LogP contribution in [-0.4, -0.2) is 32.8 Å². The Morgan fingerprint density at radius 3 is 2.88 bits per heavy atom. The van der Waals surface area contributed by atoms with Crippen LogP contribution < -0.4 is 15.0 Å². The Bertz CT molecular complexity index is 386. The van der Waals surface area contributed by atoms with E-state index < -0.39 is 0 Å². The molecule has 0 atom stereocenters. The van der Waals surface area contributed by atoms with E-state index >= 15 is 0 Å². The number of piperazine rings is 1. The van der Waals surface area contributed by atoms with Gasteiger partial charge in [0, 0.05) is 31.9 Å². The van der Waals surface area contributed by atoms with Crippen LogP contribution in [0.25, 0.3) is 0 Å². The third-order valence-corrected chi connectivity index (χ3v) is 3.62. The second-order valence-electron chi connectivity index (χ2n) is 4.83. The fraction of sp³-hybridized carbons (Fsp3) is 0.571. The van der Waals surface area contributed by atoms with E-state index in [2.05, 4.69) is 28.4 Å². The quantitative estimate of drug-likeness (QED) is 0.799. The Morgan fingerprint density at radius 2 is 2.00 bits per heavy atom. The van der Waals surface area contributed by atoms with Gasteiger partial charge in [0.15, 0.2) is 0 Å². The highest BCUT2D eigenvalue weighted by Crippen LogP contribution is 2.28. The molecule has 0 aromatic heterocycles. The van der Waals surface area contributed by atoms with E-state index in [9.17, 15) is 0 Å². The molecule has 1 saturated heterocycles. The molecule has 2 aliphatic rings. The smallest absolute Gasteiger partial charge is 0.122 e. The number of rotatable bonds is 1. The van der Waals surface area contributed by atoms with Gasteiger partial charge in [-0.25, -0.2) is 0 Å². The molecule has 1 aromatic rings. The van der Waals surface area contributed by atoms with Gasteiger partial charge in [-0.1, -0.05) is 0 Å². The average molecular weight is 232 g/mol. The van der Waals surface area contributed by atoms with E-state index in [-0.39, 0.29) is 0 Å². The second-order valence-corrected chi connectivity index (χ2v) is 4.83. The maximum absolute atomic E-state index is 5.76. The van der Waals surface area contributed by atoms with Crippen LogP contribution in [0.4, 0.5) is 5.69 Å². The van der Waals surface area contributed by atoms with Gasteiger partial charge in [0.05, 0.1) is 6.61 Å². The van der Waals surface area contributed by atoms with Gasteiger partial charge in [-0.3, -0.25) is 0 Å². The lowest BCUT2D eigenvalue weighted by Crippen LogP contribution is -2.43. The number of aryl methyl sites for hydroxylation is 1. The minimum Gasteiger partial charge on any atom is -0.493 e. The number of hydrogen-bond donors (Lipinski definition) is 1. The molecule has 1 aromatic carbocycles. The van der Waals surface area contributed by atoms with Crippen molar-refractivity contribution in [2.75, 3.05) is 37.7 Å². The summed E-state index contributed by atoms with van der Waals surface area (Å²) in [5.41, 5.74) is 2.74. The summed E-state index contributed by atoms with van der Waals surface area (Å²) < 4.78 is 5.76. The largest absolute Gasteiger partial charge is 0.493 e. The number of hydrogen-bond acceptors (Lipinski definition) is 3. The van der Waals surface area contributed by atoms with Crippen molar-refractivity contribution in [3.63, 3.8) is 0 Å². The Kier molecular flexibility index (Phi) is 3.18. The van der Waals surface area contributed by atoms with Crippen LogP contribution in [0.3, 0.4) is 0 Å². The highest BCUT2D eigenvalue weighted by atomic mass is 16.5. The van der Waals surface area contributed by atoms with Crippen molar-refractivity contribution in [2.45, 2.75) is 19.3 Å². The van der Waals surface area contributed by atoms with Crippen molar-refractivity contribution in [2.24, 2.45) is 0 Å². The molecule has 3 heteroatoms. The van der Waals surface area contributed by atoms with Crippen molar-refractivity contribution in [1.29, 1.82) is 0 Å². The normalized spacial score (nSPS) is 20.4. The van der Waals surface area contributed by atoms with Crippen molar-refractivity contribution in [1.82, 2.24) is 5.32 Å². The molecule has 1 fully saturated rings. The lowest BCUT2D eigenvalue weighted by atomic mass is 10.1. The van der Waals surface area contributed by atoms with Gasteiger partial charge in [0.2, 0.25) is 0 Å². The summed E-state index contributed by atoms with van der Waals surface area (Å²) in [4.78, 5) is 2.46. The van der Waals surface area contributed by atoms with Gasteiger partial charge in [-0.15, -0.1) is 0 Å². The first-order valence-corrected chi connectivity index (χ1v) is 6.65. The van der Waals surface area contributed by atoms with E-state index in [1.54, 1.807) is 0 Å². The predicted molar refractivity (Wildman–Crippen MR) is 70.0 cm³/mol. The molecule has 3 rings (SSSR count). The fourth-order valence-electron chi connectivity index (χ4n) is 2.62.